The van der Waals surface area contributed by atoms with E-state index in [1.165, 1.54) is 16.9 Å². The van der Waals surface area contributed by atoms with Gasteiger partial charge in [0.05, 0.1) is 5.52 Å². The van der Waals surface area contributed by atoms with E-state index in [0.29, 0.717) is 5.78 Å². The molecule has 0 bridgehead atoms. The van der Waals surface area contributed by atoms with Crippen molar-refractivity contribution in [1.82, 2.24) is 19.2 Å². The van der Waals surface area contributed by atoms with Crippen molar-refractivity contribution in [3.63, 3.8) is 0 Å². The maximum atomic E-state index is 12.3. The number of fused-ring (bicyclic) bond motifs is 3. The largest absolute Gasteiger partial charge is 0.279 e. The minimum absolute atomic E-state index is 0.0236. The molecule has 0 radical (unpaired) electrons. The first-order valence-electron chi connectivity index (χ1n) is 6.74. The van der Waals surface area contributed by atoms with E-state index in [-0.39, 0.29) is 5.56 Å². The molecule has 0 aliphatic carbocycles. The van der Waals surface area contributed by atoms with Crippen molar-refractivity contribution in [1.29, 1.82) is 0 Å². The van der Waals surface area contributed by atoms with E-state index < -0.39 is 0 Å². The van der Waals surface area contributed by atoms with Crippen LogP contribution in [-0.2, 0) is 12.8 Å². The molecule has 0 unspecified atom stereocenters. The van der Waals surface area contributed by atoms with Gasteiger partial charge in [-0.25, -0.2) is 0 Å². The second-order valence-electron chi connectivity index (χ2n) is 4.89. The molecule has 0 amide bonds. The Morgan fingerprint density at radius 2 is 2.00 bits per heavy atom. The van der Waals surface area contributed by atoms with Crippen LogP contribution in [0.1, 0.15) is 5.56 Å². The minimum atomic E-state index is -0.0236. The molecular formula is C15H12N4OS2. The number of thioether (sulfide) groups is 1. The Morgan fingerprint density at radius 3 is 2.82 bits per heavy atom. The molecule has 0 saturated heterocycles. The maximum absolute atomic E-state index is 12.3. The molecule has 0 saturated carbocycles. The number of thiophene rings is 1. The van der Waals surface area contributed by atoms with Gasteiger partial charge in [0, 0.05) is 12.8 Å². The zero-order valence-corrected chi connectivity index (χ0v) is 13.4. The average molecular weight is 328 g/mol. The molecule has 0 fully saturated rings. The molecular weight excluding hydrogens is 316 g/mol. The van der Waals surface area contributed by atoms with Crippen molar-refractivity contribution in [2.75, 3.05) is 0 Å². The first-order valence-corrected chi connectivity index (χ1v) is 8.60. The third kappa shape index (κ3) is 2.05. The topological polar surface area (TPSA) is 52.2 Å². The van der Waals surface area contributed by atoms with Gasteiger partial charge in [0.15, 0.2) is 5.16 Å². The van der Waals surface area contributed by atoms with Crippen LogP contribution in [0.25, 0.3) is 16.0 Å². The standard InChI is InChI=1S/C15H12N4OS2/c1-18-13(20)12-11(7-8-21-12)19-14(18)16-17-15(19)22-9-10-5-3-2-4-6-10/h2-8H,9H2,1H3. The van der Waals surface area contributed by atoms with Gasteiger partial charge in [-0.2, -0.15) is 0 Å². The van der Waals surface area contributed by atoms with Gasteiger partial charge in [0.1, 0.15) is 4.70 Å². The Labute approximate surface area is 134 Å². The number of aryl methyl sites for hydroxylation is 1. The number of benzene rings is 1. The Morgan fingerprint density at radius 1 is 1.18 bits per heavy atom. The zero-order chi connectivity index (χ0) is 15.1. The fourth-order valence-corrected chi connectivity index (χ4v) is 4.13. The highest BCUT2D eigenvalue weighted by atomic mass is 32.2. The first-order chi connectivity index (χ1) is 10.8. The Hall–Kier alpha value is -2.12. The Kier molecular flexibility index (Phi) is 3.24. The van der Waals surface area contributed by atoms with Crippen LogP contribution < -0.4 is 5.56 Å². The lowest BCUT2D eigenvalue weighted by atomic mass is 10.2. The third-order valence-electron chi connectivity index (χ3n) is 3.51. The molecule has 3 heterocycles. The molecule has 3 aromatic heterocycles. The van der Waals surface area contributed by atoms with Gasteiger partial charge in [-0.1, -0.05) is 42.1 Å². The van der Waals surface area contributed by atoms with Gasteiger partial charge in [-0.15, -0.1) is 21.5 Å². The summed E-state index contributed by atoms with van der Waals surface area (Å²) < 4.78 is 4.25. The van der Waals surface area contributed by atoms with Crippen LogP contribution in [0.3, 0.4) is 0 Å². The van der Waals surface area contributed by atoms with Crippen LogP contribution in [0.5, 0.6) is 0 Å². The Balaban J connectivity index is 1.84. The van der Waals surface area contributed by atoms with Gasteiger partial charge < -0.3 is 0 Å². The molecule has 7 heteroatoms. The molecule has 0 atom stereocenters. The number of hydrogen-bond acceptors (Lipinski definition) is 5. The predicted octanol–water partition coefficient (Wildman–Crippen LogP) is 2.94. The van der Waals surface area contributed by atoms with E-state index in [1.54, 1.807) is 23.4 Å². The van der Waals surface area contributed by atoms with Gasteiger partial charge >= 0.3 is 0 Å². The number of aromatic nitrogens is 4. The van der Waals surface area contributed by atoms with Gasteiger partial charge in [-0.05, 0) is 17.0 Å². The fraction of sp³-hybridized carbons (Fsp3) is 0.133. The van der Waals surface area contributed by atoms with Crippen molar-refractivity contribution in [2.24, 2.45) is 7.05 Å². The van der Waals surface area contributed by atoms with E-state index in [2.05, 4.69) is 22.3 Å². The van der Waals surface area contributed by atoms with Crippen LogP contribution in [-0.4, -0.2) is 19.2 Å². The smallest absolute Gasteiger partial charge is 0.272 e. The van der Waals surface area contributed by atoms with E-state index in [9.17, 15) is 4.79 Å². The summed E-state index contributed by atoms with van der Waals surface area (Å²) in [6, 6.07) is 12.2. The fourth-order valence-electron chi connectivity index (χ4n) is 2.39. The van der Waals surface area contributed by atoms with Gasteiger partial charge in [0.2, 0.25) is 5.78 Å². The third-order valence-corrected chi connectivity index (χ3v) is 5.40. The van der Waals surface area contributed by atoms with Gasteiger partial charge in [-0.3, -0.25) is 13.8 Å². The molecule has 22 heavy (non-hydrogen) atoms. The van der Waals surface area contributed by atoms with E-state index in [4.69, 9.17) is 0 Å². The molecule has 0 aliphatic heterocycles. The average Bonchev–Trinajstić information content (AvgIpc) is 3.18. The lowest BCUT2D eigenvalue weighted by Crippen LogP contribution is -2.18. The summed E-state index contributed by atoms with van der Waals surface area (Å²) in [5.41, 5.74) is 2.09. The van der Waals surface area contributed by atoms with Crippen molar-refractivity contribution in [2.45, 2.75) is 10.9 Å². The summed E-state index contributed by atoms with van der Waals surface area (Å²) in [6.07, 6.45) is 0. The van der Waals surface area contributed by atoms with Crippen LogP contribution >= 0.6 is 23.1 Å². The lowest BCUT2D eigenvalue weighted by Gasteiger charge is -2.04. The van der Waals surface area contributed by atoms with Crippen LogP contribution in [0.2, 0.25) is 0 Å². The quantitative estimate of drug-likeness (QED) is 0.543. The molecule has 4 aromatic rings. The summed E-state index contributed by atoms with van der Waals surface area (Å²) in [4.78, 5) is 12.3. The predicted molar refractivity (Wildman–Crippen MR) is 89.6 cm³/mol. The summed E-state index contributed by atoms with van der Waals surface area (Å²) in [5.74, 6) is 1.39. The van der Waals surface area contributed by atoms with Crippen LogP contribution in [0.4, 0.5) is 0 Å². The molecule has 4 rings (SSSR count). The summed E-state index contributed by atoms with van der Waals surface area (Å²) in [7, 11) is 1.73. The van der Waals surface area contributed by atoms with Crippen molar-refractivity contribution in [3.8, 4) is 0 Å². The molecule has 110 valence electrons. The summed E-state index contributed by atoms with van der Waals surface area (Å²) in [5, 5.41) is 11.2. The van der Waals surface area contributed by atoms with E-state index in [0.717, 1.165) is 21.1 Å². The number of hydrogen-bond donors (Lipinski definition) is 0. The molecule has 5 nitrogen and oxygen atoms in total. The number of rotatable bonds is 3. The molecule has 0 aliphatic rings. The zero-order valence-electron chi connectivity index (χ0n) is 11.8. The van der Waals surface area contributed by atoms with E-state index >= 15 is 0 Å². The van der Waals surface area contributed by atoms with Gasteiger partial charge in [0.25, 0.3) is 5.56 Å². The van der Waals surface area contributed by atoms with Crippen molar-refractivity contribution >= 4 is 39.1 Å². The van der Waals surface area contributed by atoms with Crippen molar-refractivity contribution in [3.05, 3.63) is 57.7 Å². The van der Waals surface area contributed by atoms with Crippen LogP contribution in [0, 0.1) is 0 Å². The Bertz CT molecular complexity index is 1020. The summed E-state index contributed by atoms with van der Waals surface area (Å²) >= 11 is 3.07. The lowest BCUT2D eigenvalue weighted by molar-refractivity contribution is 0.856. The normalized spacial score (nSPS) is 11.5. The van der Waals surface area contributed by atoms with E-state index in [1.807, 2.05) is 34.0 Å². The first kappa shape index (κ1) is 13.5. The number of nitrogens with zero attached hydrogens (tertiary/aromatic N) is 4. The SMILES string of the molecule is Cn1c(=O)c2sccc2n2c(SCc3ccccc3)nnc12. The monoisotopic (exact) mass is 328 g/mol. The highest BCUT2D eigenvalue weighted by molar-refractivity contribution is 7.98. The molecule has 0 N–H and O–H groups in total. The maximum Gasteiger partial charge on any atom is 0.272 e. The molecule has 0 spiro atoms. The second kappa shape index (κ2) is 5.26. The minimum Gasteiger partial charge on any atom is -0.279 e. The van der Waals surface area contributed by atoms with Crippen LogP contribution in [0.15, 0.2) is 51.7 Å². The highest BCUT2D eigenvalue weighted by Gasteiger charge is 2.15. The highest BCUT2D eigenvalue weighted by Crippen LogP contribution is 2.26. The summed E-state index contributed by atoms with van der Waals surface area (Å²) in [6.45, 7) is 0. The molecule has 1 aromatic carbocycles. The van der Waals surface area contributed by atoms with Crippen molar-refractivity contribution < 1.29 is 0 Å². The second-order valence-corrected chi connectivity index (χ2v) is 6.75.